The predicted molar refractivity (Wildman–Crippen MR) is 57.2 cm³/mol. The fraction of sp³-hybridized carbons (Fsp3) is 0.364. The van der Waals surface area contributed by atoms with Crippen molar-refractivity contribution in [1.82, 2.24) is 0 Å². The SMILES string of the molecule is CCCOc1cc(Cl)ccc1C(C)=O. The summed E-state index contributed by atoms with van der Waals surface area (Å²) in [7, 11) is 0. The maximum atomic E-state index is 11.2. The highest BCUT2D eigenvalue weighted by atomic mass is 35.5. The predicted octanol–water partition coefficient (Wildman–Crippen LogP) is 3.33. The highest BCUT2D eigenvalue weighted by Gasteiger charge is 2.08. The number of benzene rings is 1. The zero-order valence-electron chi connectivity index (χ0n) is 8.34. The number of hydrogen-bond acceptors (Lipinski definition) is 2. The van der Waals surface area contributed by atoms with Gasteiger partial charge in [0.15, 0.2) is 5.78 Å². The van der Waals surface area contributed by atoms with Crippen molar-refractivity contribution >= 4 is 17.4 Å². The first kappa shape index (κ1) is 11.1. The van der Waals surface area contributed by atoms with E-state index in [4.69, 9.17) is 16.3 Å². The molecule has 0 aliphatic heterocycles. The Hall–Kier alpha value is -1.02. The van der Waals surface area contributed by atoms with Gasteiger partial charge in [0.05, 0.1) is 12.2 Å². The maximum Gasteiger partial charge on any atom is 0.163 e. The molecule has 0 aliphatic carbocycles. The molecule has 0 saturated carbocycles. The first-order valence-corrected chi connectivity index (χ1v) is 4.96. The first-order valence-electron chi connectivity index (χ1n) is 4.58. The molecule has 3 heteroatoms. The Balaban J connectivity index is 2.97. The maximum absolute atomic E-state index is 11.2. The Labute approximate surface area is 88.8 Å². The van der Waals surface area contributed by atoms with Gasteiger partial charge in [0.1, 0.15) is 5.75 Å². The van der Waals surface area contributed by atoms with Crippen molar-refractivity contribution in [2.45, 2.75) is 20.3 Å². The molecule has 0 N–H and O–H groups in total. The molecule has 76 valence electrons. The Morgan fingerprint density at radius 1 is 1.50 bits per heavy atom. The van der Waals surface area contributed by atoms with Crippen molar-refractivity contribution in [3.05, 3.63) is 28.8 Å². The normalized spacial score (nSPS) is 9.93. The van der Waals surface area contributed by atoms with Crippen LogP contribution in [0.15, 0.2) is 18.2 Å². The molecule has 0 atom stereocenters. The average molecular weight is 213 g/mol. The third kappa shape index (κ3) is 2.74. The second-order valence-corrected chi connectivity index (χ2v) is 3.48. The summed E-state index contributed by atoms with van der Waals surface area (Å²) in [5.74, 6) is 0.569. The molecule has 0 spiro atoms. The topological polar surface area (TPSA) is 26.3 Å². The van der Waals surface area contributed by atoms with E-state index in [1.54, 1.807) is 18.2 Å². The molecule has 14 heavy (non-hydrogen) atoms. The van der Waals surface area contributed by atoms with Gasteiger partial charge in [-0.2, -0.15) is 0 Å². The minimum Gasteiger partial charge on any atom is -0.493 e. The van der Waals surface area contributed by atoms with Crippen LogP contribution in [0, 0.1) is 0 Å². The minimum absolute atomic E-state index is 0.00669. The van der Waals surface area contributed by atoms with E-state index in [1.165, 1.54) is 6.92 Å². The van der Waals surface area contributed by atoms with Crippen molar-refractivity contribution in [3.63, 3.8) is 0 Å². The summed E-state index contributed by atoms with van der Waals surface area (Å²) >= 11 is 5.81. The van der Waals surface area contributed by atoms with Gasteiger partial charge in [-0.15, -0.1) is 0 Å². The summed E-state index contributed by atoms with van der Waals surface area (Å²) in [4.78, 5) is 11.2. The van der Waals surface area contributed by atoms with Gasteiger partial charge in [0.25, 0.3) is 0 Å². The highest BCUT2D eigenvalue weighted by molar-refractivity contribution is 6.30. The van der Waals surface area contributed by atoms with Gasteiger partial charge in [-0.25, -0.2) is 0 Å². The Morgan fingerprint density at radius 2 is 2.21 bits per heavy atom. The second kappa shape index (κ2) is 5.01. The summed E-state index contributed by atoms with van der Waals surface area (Å²) < 4.78 is 5.42. The summed E-state index contributed by atoms with van der Waals surface area (Å²) in [5, 5.41) is 0.584. The van der Waals surface area contributed by atoms with Crippen LogP contribution in [0.3, 0.4) is 0 Å². The molecule has 2 nitrogen and oxygen atoms in total. The van der Waals surface area contributed by atoms with Crippen LogP contribution in [0.4, 0.5) is 0 Å². The number of ketones is 1. The molecule has 1 aromatic carbocycles. The van der Waals surface area contributed by atoms with Gasteiger partial charge < -0.3 is 4.74 Å². The van der Waals surface area contributed by atoms with Crippen molar-refractivity contribution < 1.29 is 9.53 Å². The number of hydrogen-bond donors (Lipinski definition) is 0. The molecule has 0 amide bonds. The Kier molecular flexibility index (Phi) is 3.96. The lowest BCUT2D eigenvalue weighted by molar-refractivity contribution is 0.101. The third-order valence-electron chi connectivity index (χ3n) is 1.78. The highest BCUT2D eigenvalue weighted by Crippen LogP contribution is 2.23. The van der Waals surface area contributed by atoms with Gasteiger partial charge in [-0.3, -0.25) is 4.79 Å². The lowest BCUT2D eigenvalue weighted by Gasteiger charge is -2.08. The van der Waals surface area contributed by atoms with Crippen molar-refractivity contribution in [1.29, 1.82) is 0 Å². The lowest BCUT2D eigenvalue weighted by Crippen LogP contribution is -2.01. The van der Waals surface area contributed by atoms with Crippen LogP contribution in [0.25, 0.3) is 0 Å². The quantitative estimate of drug-likeness (QED) is 0.716. The number of carbonyl (C=O) groups excluding carboxylic acids is 1. The third-order valence-corrected chi connectivity index (χ3v) is 2.02. The fourth-order valence-corrected chi connectivity index (χ4v) is 1.28. The molecule has 0 radical (unpaired) electrons. The van der Waals surface area contributed by atoms with Gasteiger partial charge in [-0.1, -0.05) is 18.5 Å². The second-order valence-electron chi connectivity index (χ2n) is 3.05. The smallest absolute Gasteiger partial charge is 0.163 e. The number of ether oxygens (including phenoxy) is 1. The van der Waals surface area contributed by atoms with Crippen LogP contribution < -0.4 is 4.74 Å². The van der Waals surface area contributed by atoms with Gasteiger partial charge in [0, 0.05) is 5.02 Å². The standard InChI is InChI=1S/C11H13ClO2/c1-3-6-14-11-7-9(12)4-5-10(11)8(2)13/h4-5,7H,3,6H2,1-2H3. The number of Topliss-reactive ketones (excluding diaryl/α,β-unsaturated/α-hetero) is 1. The van der Waals surface area contributed by atoms with Crippen LogP contribution in [-0.4, -0.2) is 12.4 Å². The summed E-state index contributed by atoms with van der Waals surface area (Å²) in [5.41, 5.74) is 0.586. The van der Waals surface area contributed by atoms with Crippen LogP contribution in [0.5, 0.6) is 5.75 Å². The van der Waals surface area contributed by atoms with E-state index >= 15 is 0 Å². The summed E-state index contributed by atoms with van der Waals surface area (Å²) in [6.07, 6.45) is 0.907. The molecular formula is C11H13ClO2. The van der Waals surface area contributed by atoms with Crippen molar-refractivity contribution in [2.75, 3.05) is 6.61 Å². The number of rotatable bonds is 4. The molecule has 0 unspecified atom stereocenters. The molecule has 0 heterocycles. The molecule has 0 aromatic heterocycles. The van der Waals surface area contributed by atoms with Gasteiger partial charge in [0.2, 0.25) is 0 Å². The molecule has 1 aromatic rings. The fourth-order valence-electron chi connectivity index (χ4n) is 1.12. The summed E-state index contributed by atoms with van der Waals surface area (Å²) in [6.45, 7) is 4.13. The zero-order valence-corrected chi connectivity index (χ0v) is 9.10. The van der Waals surface area contributed by atoms with Crippen LogP contribution in [0.1, 0.15) is 30.6 Å². The molecule has 1 rings (SSSR count). The molecular weight excluding hydrogens is 200 g/mol. The van der Waals surface area contributed by atoms with Crippen LogP contribution >= 0.6 is 11.6 Å². The van der Waals surface area contributed by atoms with E-state index in [9.17, 15) is 4.79 Å². The largest absolute Gasteiger partial charge is 0.493 e. The van der Waals surface area contributed by atoms with Crippen LogP contribution in [-0.2, 0) is 0 Å². The van der Waals surface area contributed by atoms with E-state index in [1.807, 2.05) is 6.92 Å². The minimum atomic E-state index is -0.00669. The molecule has 0 fully saturated rings. The van der Waals surface area contributed by atoms with E-state index in [0.29, 0.717) is 22.9 Å². The van der Waals surface area contributed by atoms with Crippen LogP contribution in [0.2, 0.25) is 5.02 Å². The van der Waals surface area contributed by atoms with E-state index in [-0.39, 0.29) is 5.78 Å². The van der Waals surface area contributed by atoms with Gasteiger partial charge in [-0.05, 0) is 31.5 Å². The first-order chi connectivity index (χ1) is 6.65. The van der Waals surface area contributed by atoms with E-state index < -0.39 is 0 Å². The molecule has 0 aliphatic rings. The Morgan fingerprint density at radius 3 is 2.79 bits per heavy atom. The lowest BCUT2D eigenvalue weighted by atomic mass is 10.1. The summed E-state index contributed by atoms with van der Waals surface area (Å²) in [6, 6.07) is 5.06. The van der Waals surface area contributed by atoms with E-state index in [2.05, 4.69) is 0 Å². The molecule has 0 saturated heterocycles. The van der Waals surface area contributed by atoms with Gasteiger partial charge >= 0.3 is 0 Å². The van der Waals surface area contributed by atoms with E-state index in [0.717, 1.165) is 6.42 Å². The zero-order chi connectivity index (χ0) is 10.6. The molecule has 0 bridgehead atoms. The van der Waals surface area contributed by atoms with Crippen molar-refractivity contribution in [3.8, 4) is 5.75 Å². The van der Waals surface area contributed by atoms with Crippen molar-refractivity contribution in [2.24, 2.45) is 0 Å². The average Bonchev–Trinajstić information content (AvgIpc) is 2.14. The monoisotopic (exact) mass is 212 g/mol. The number of halogens is 1. The Bertz CT molecular complexity index is 334. The number of carbonyl (C=O) groups is 1.